The number of nitrogens with one attached hydrogen (secondary N) is 1. The van der Waals surface area contributed by atoms with Crippen molar-refractivity contribution in [3.63, 3.8) is 0 Å². The quantitative estimate of drug-likeness (QED) is 0.844. The van der Waals surface area contributed by atoms with Crippen molar-refractivity contribution in [3.8, 4) is 0 Å². The molecule has 0 bridgehead atoms. The van der Waals surface area contributed by atoms with Gasteiger partial charge in [-0.25, -0.2) is 0 Å². The first-order valence-electron chi connectivity index (χ1n) is 6.06. The molecule has 0 fully saturated rings. The predicted octanol–water partition coefficient (Wildman–Crippen LogP) is 1.28. The third-order valence-electron chi connectivity index (χ3n) is 2.68. The SMILES string of the molecule is Cc1noc(NC(=O)C(N)CCc2ccccc2)n1. The largest absolute Gasteiger partial charge is 0.328 e. The third kappa shape index (κ3) is 3.89. The summed E-state index contributed by atoms with van der Waals surface area (Å²) in [6.07, 6.45) is 1.31. The number of amides is 1. The maximum absolute atomic E-state index is 11.8. The number of nitrogens with zero attached hydrogens (tertiary/aromatic N) is 2. The molecule has 1 atom stereocenters. The van der Waals surface area contributed by atoms with Crippen LogP contribution in [0.3, 0.4) is 0 Å². The highest BCUT2D eigenvalue weighted by atomic mass is 16.5. The van der Waals surface area contributed by atoms with E-state index in [1.165, 1.54) is 0 Å². The molecule has 19 heavy (non-hydrogen) atoms. The maximum atomic E-state index is 11.8. The van der Waals surface area contributed by atoms with Crippen LogP contribution in [0.4, 0.5) is 6.01 Å². The molecule has 1 amide bonds. The van der Waals surface area contributed by atoms with E-state index in [0.29, 0.717) is 12.2 Å². The zero-order chi connectivity index (χ0) is 13.7. The van der Waals surface area contributed by atoms with E-state index < -0.39 is 6.04 Å². The van der Waals surface area contributed by atoms with E-state index in [1.54, 1.807) is 6.92 Å². The summed E-state index contributed by atoms with van der Waals surface area (Å²) in [5, 5.41) is 6.08. The van der Waals surface area contributed by atoms with Crippen molar-refractivity contribution in [3.05, 3.63) is 41.7 Å². The second kappa shape index (κ2) is 6.10. The number of aromatic nitrogens is 2. The molecule has 1 heterocycles. The molecular weight excluding hydrogens is 244 g/mol. The Hall–Kier alpha value is -2.21. The number of hydrogen-bond donors (Lipinski definition) is 2. The van der Waals surface area contributed by atoms with Gasteiger partial charge in [0.1, 0.15) is 0 Å². The molecule has 0 saturated carbocycles. The van der Waals surface area contributed by atoms with Crippen molar-refractivity contribution in [2.75, 3.05) is 5.32 Å². The highest BCUT2D eigenvalue weighted by molar-refractivity contribution is 5.92. The minimum absolute atomic E-state index is 0.0812. The fourth-order valence-corrected chi connectivity index (χ4v) is 1.64. The molecule has 6 nitrogen and oxygen atoms in total. The van der Waals surface area contributed by atoms with E-state index in [9.17, 15) is 4.79 Å². The molecule has 1 aromatic carbocycles. The average Bonchev–Trinajstić information content (AvgIpc) is 2.82. The molecule has 1 aromatic heterocycles. The molecule has 0 aliphatic heterocycles. The molecule has 100 valence electrons. The monoisotopic (exact) mass is 260 g/mol. The molecule has 1 unspecified atom stereocenters. The first-order valence-corrected chi connectivity index (χ1v) is 6.06. The smallest absolute Gasteiger partial charge is 0.320 e. The summed E-state index contributed by atoms with van der Waals surface area (Å²) in [7, 11) is 0. The molecule has 0 saturated heterocycles. The van der Waals surface area contributed by atoms with E-state index in [4.69, 9.17) is 10.3 Å². The van der Waals surface area contributed by atoms with Gasteiger partial charge in [0.05, 0.1) is 6.04 Å². The Kier molecular flexibility index (Phi) is 4.25. The summed E-state index contributed by atoms with van der Waals surface area (Å²) < 4.78 is 4.80. The summed E-state index contributed by atoms with van der Waals surface area (Å²) in [5.41, 5.74) is 6.97. The molecule has 2 rings (SSSR count). The number of aryl methyl sites for hydroxylation is 2. The van der Waals surface area contributed by atoms with Gasteiger partial charge in [-0.05, 0) is 25.3 Å². The van der Waals surface area contributed by atoms with Crippen LogP contribution in [-0.4, -0.2) is 22.1 Å². The van der Waals surface area contributed by atoms with Gasteiger partial charge in [-0.15, -0.1) is 0 Å². The van der Waals surface area contributed by atoms with Crippen molar-refractivity contribution >= 4 is 11.9 Å². The van der Waals surface area contributed by atoms with Crippen LogP contribution >= 0.6 is 0 Å². The summed E-state index contributed by atoms with van der Waals surface area (Å²) >= 11 is 0. The lowest BCUT2D eigenvalue weighted by Crippen LogP contribution is -2.36. The topological polar surface area (TPSA) is 94.0 Å². The second-order valence-electron chi connectivity index (χ2n) is 4.27. The lowest BCUT2D eigenvalue weighted by molar-refractivity contribution is -0.117. The van der Waals surface area contributed by atoms with Gasteiger partial charge in [0.25, 0.3) is 0 Å². The third-order valence-corrected chi connectivity index (χ3v) is 2.68. The molecule has 2 aromatic rings. The van der Waals surface area contributed by atoms with Crippen molar-refractivity contribution in [2.45, 2.75) is 25.8 Å². The minimum atomic E-state index is -0.604. The molecule has 0 aliphatic carbocycles. The molecule has 0 radical (unpaired) electrons. The number of benzene rings is 1. The zero-order valence-corrected chi connectivity index (χ0v) is 10.7. The Bertz CT molecular complexity index is 539. The van der Waals surface area contributed by atoms with E-state index in [-0.39, 0.29) is 11.9 Å². The number of hydrogen-bond acceptors (Lipinski definition) is 5. The fraction of sp³-hybridized carbons (Fsp3) is 0.308. The molecule has 6 heteroatoms. The first kappa shape index (κ1) is 13.2. The van der Waals surface area contributed by atoms with Crippen molar-refractivity contribution < 1.29 is 9.32 Å². The predicted molar refractivity (Wildman–Crippen MR) is 70.4 cm³/mol. The summed E-state index contributed by atoms with van der Waals surface area (Å²) in [6, 6.07) is 9.36. The van der Waals surface area contributed by atoms with Gasteiger partial charge in [0.2, 0.25) is 5.91 Å². The van der Waals surface area contributed by atoms with Gasteiger partial charge in [0, 0.05) is 0 Å². The Morgan fingerprint density at radius 1 is 1.42 bits per heavy atom. The summed E-state index contributed by atoms with van der Waals surface area (Å²) in [5.74, 6) is 0.146. The van der Waals surface area contributed by atoms with Crippen molar-refractivity contribution in [1.29, 1.82) is 0 Å². The lowest BCUT2D eigenvalue weighted by atomic mass is 10.1. The van der Waals surface area contributed by atoms with Crippen LogP contribution in [0.25, 0.3) is 0 Å². The van der Waals surface area contributed by atoms with Gasteiger partial charge in [-0.3, -0.25) is 10.1 Å². The molecule has 0 spiro atoms. The summed E-state index contributed by atoms with van der Waals surface area (Å²) in [6.45, 7) is 1.68. The zero-order valence-electron chi connectivity index (χ0n) is 10.7. The van der Waals surface area contributed by atoms with Crippen LogP contribution in [0.1, 0.15) is 17.8 Å². The molecule has 3 N–H and O–H groups in total. The van der Waals surface area contributed by atoms with Crippen molar-refractivity contribution in [1.82, 2.24) is 10.1 Å². The number of rotatable bonds is 5. The van der Waals surface area contributed by atoms with Gasteiger partial charge in [-0.2, -0.15) is 4.98 Å². The average molecular weight is 260 g/mol. The van der Waals surface area contributed by atoms with Crippen LogP contribution in [0.2, 0.25) is 0 Å². The highest BCUT2D eigenvalue weighted by Crippen LogP contribution is 2.07. The normalized spacial score (nSPS) is 12.1. The van der Waals surface area contributed by atoms with Gasteiger partial charge < -0.3 is 10.3 Å². The number of carbonyl (C=O) groups is 1. The second-order valence-corrected chi connectivity index (χ2v) is 4.27. The van der Waals surface area contributed by atoms with E-state index in [2.05, 4.69) is 15.5 Å². The highest BCUT2D eigenvalue weighted by Gasteiger charge is 2.16. The van der Waals surface area contributed by atoms with E-state index in [1.807, 2.05) is 30.3 Å². The van der Waals surface area contributed by atoms with Crippen LogP contribution in [0.5, 0.6) is 0 Å². The van der Waals surface area contributed by atoms with Crippen LogP contribution in [0, 0.1) is 6.92 Å². The Labute approximate surface area is 111 Å². The van der Waals surface area contributed by atoms with Gasteiger partial charge in [-0.1, -0.05) is 35.5 Å². The molecular formula is C13H16N4O2. The first-order chi connectivity index (χ1) is 9.15. The number of carbonyl (C=O) groups excluding carboxylic acids is 1. The minimum Gasteiger partial charge on any atom is -0.320 e. The maximum Gasteiger partial charge on any atom is 0.328 e. The van der Waals surface area contributed by atoms with Crippen LogP contribution in [-0.2, 0) is 11.2 Å². The van der Waals surface area contributed by atoms with Crippen LogP contribution in [0.15, 0.2) is 34.9 Å². The van der Waals surface area contributed by atoms with Gasteiger partial charge >= 0.3 is 6.01 Å². The standard InChI is InChI=1S/C13H16N4O2/c1-9-15-13(19-17-9)16-12(18)11(14)8-7-10-5-3-2-4-6-10/h2-6,11H,7-8,14H2,1H3,(H,15,16,17,18). The van der Waals surface area contributed by atoms with Crippen molar-refractivity contribution in [2.24, 2.45) is 5.73 Å². The van der Waals surface area contributed by atoms with E-state index >= 15 is 0 Å². The Balaban J connectivity index is 1.82. The summed E-state index contributed by atoms with van der Waals surface area (Å²) in [4.78, 5) is 15.7. The van der Waals surface area contributed by atoms with Gasteiger partial charge in [0.15, 0.2) is 5.82 Å². The Morgan fingerprint density at radius 2 is 2.16 bits per heavy atom. The number of anilines is 1. The lowest BCUT2D eigenvalue weighted by Gasteiger charge is -2.09. The molecule has 0 aliphatic rings. The van der Waals surface area contributed by atoms with Crippen LogP contribution < -0.4 is 11.1 Å². The fourth-order valence-electron chi connectivity index (χ4n) is 1.64. The number of nitrogens with two attached hydrogens (primary N) is 1. The Morgan fingerprint density at radius 3 is 2.79 bits per heavy atom. The van der Waals surface area contributed by atoms with E-state index in [0.717, 1.165) is 12.0 Å².